The molecular formula is C16H33IN6. The first-order valence-corrected chi connectivity index (χ1v) is 8.26. The Morgan fingerprint density at radius 3 is 2.61 bits per heavy atom. The molecule has 0 fully saturated rings. The number of nitrogens with zero attached hydrogens (tertiary/aromatic N) is 4. The molecule has 2 N–H and O–H groups in total. The molecule has 134 valence electrons. The van der Waals surface area contributed by atoms with Gasteiger partial charge in [0.1, 0.15) is 0 Å². The molecule has 1 atom stereocenters. The van der Waals surface area contributed by atoms with E-state index in [-0.39, 0.29) is 24.0 Å². The average molecular weight is 436 g/mol. The fourth-order valence-electron chi connectivity index (χ4n) is 2.41. The number of aryl methyl sites for hydroxylation is 1. The second kappa shape index (κ2) is 12.6. The number of nitrogens with one attached hydrogen (secondary N) is 2. The Bertz CT molecular complexity index is 442. The highest BCUT2D eigenvalue weighted by Crippen LogP contribution is 2.00. The van der Waals surface area contributed by atoms with E-state index in [4.69, 9.17) is 0 Å². The summed E-state index contributed by atoms with van der Waals surface area (Å²) in [5.74, 6) is 0.846. The molecule has 0 aliphatic rings. The minimum atomic E-state index is 0. The van der Waals surface area contributed by atoms with Gasteiger partial charge >= 0.3 is 0 Å². The molecule has 0 aliphatic heterocycles. The Labute approximate surface area is 158 Å². The first-order chi connectivity index (χ1) is 10.6. The van der Waals surface area contributed by atoms with Crippen LogP contribution in [-0.2, 0) is 13.6 Å². The molecule has 0 radical (unpaired) electrons. The van der Waals surface area contributed by atoms with Gasteiger partial charge in [-0.15, -0.1) is 24.0 Å². The highest BCUT2D eigenvalue weighted by molar-refractivity contribution is 14.0. The van der Waals surface area contributed by atoms with E-state index in [2.05, 4.69) is 46.4 Å². The molecule has 0 aliphatic carbocycles. The number of hydrogen-bond acceptors (Lipinski definition) is 3. The quantitative estimate of drug-likeness (QED) is 0.354. The van der Waals surface area contributed by atoms with Crippen molar-refractivity contribution in [1.82, 2.24) is 25.3 Å². The SMILES string of the molecule is CCN(CC)CCCC(C)NC(=NC)NCc1cnn(C)c1.I. The number of hydrogen-bond donors (Lipinski definition) is 2. The summed E-state index contributed by atoms with van der Waals surface area (Å²) in [5, 5.41) is 10.9. The van der Waals surface area contributed by atoms with Crippen LogP contribution in [0.2, 0.25) is 0 Å². The molecule has 0 spiro atoms. The van der Waals surface area contributed by atoms with Crippen molar-refractivity contribution in [2.45, 2.75) is 46.2 Å². The van der Waals surface area contributed by atoms with Crippen molar-refractivity contribution in [3.63, 3.8) is 0 Å². The third kappa shape index (κ3) is 9.14. The van der Waals surface area contributed by atoms with Crippen LogP contribution in [0.1, 0.15) is 39.2 Å². The van der Waals surface area contributed by atoms with Gasteiger partial charge in [0.15, 0.2) is 5.96 Å². The Morgan fingerprint density at radius 1 is 1.39 bits per heavy atom. The lowest BCUT2D eigenvalue weighted by atomic mass is 10.2. The van der Waals surface area contributed by atoms with Crippen molar-refractivity contribution in [3.05, 3.63) is 18.0 Å². The van der Waals surface area contributed by atoms with Gasteiger partial charge in [-0.1, -0.05) is 13.8 Å². The number of aliphatic imine (C=N–C) groups is 1. The summed E-state index contributed by atoms with van der Waals surface area (Å²) in [7, 11) is 3.73. The number of halogens is 1. The molecule has 0 saturated heterocycles. The van der Waals surface area contributed by atoms with Crippen LogP contribution in [0.15, 0.2) is 17.4 Å². The normalized spacial score (nSPS) is 12.9. The topological polar surface area (TPSA) is 57.5 Å². The second-order valence-corrected chi connectivity index (χ2v) is 5.66. The Hall–Kier alpha value is -0.830. The van der Waals surface area contributed by atoms with E-state index in [1.54, 1.807) is 7.05 Å². The van der Waals surface area contributed by atoms with Crippen LogP contribution in [0.4, 0.5) is 0 Å². The summed E-state index contributed by atoms with van der Waals surface area (Å²) in [6.07, 6.45) is 6.22. The van der Waals surface area contributed by atoms with E-state index < -0.39 is 0 Å². The van der Waals surface area contributed by atoms with E-state index in [1.165, 1.54) is 13.0 Å². The van der Waals surface area contributed by atoms with Crippen LogP contribution in [0.3, 0.4) is 0 Å². The van der Waals surface area contributed by atoms with Crippen LogP contribution in [0.25, 0.3) is 0 Å². The molecule has 1 aromatic heterocycles. The van der Waals surface area contributed by atoms with E-state index in [0.717, 1.165) is 37.6 Å². The molecule has 1 heterocycles. The van der Waals surface area contributed by atoms with E-state index >= 15 is 0 Å². The molecule has 1 unspecified atom stereocenters. The lowest BCUT2D eigenvalue weighted by molar-refractivity contribution is 0.292. The fraction of sp³-hybridized carbons (Fsp3) is 0.750. The van der Waals surface area contributed by atoms with Crippen molar-refractivity contribution < 1.29 is 0 Å². The van der Waals surface area contributed by atoms with Gasteiger partial charge in [-0.3, -0.25) is 9.67 Å². The zero-order valence-corrected chi connectivity index (χ0v) is 17.5. The highest BCUT2D eigenvalue weighted by atomic mass is 127. The molecule has 7 heteroatoms. The van der Waals surface area contributed by atoms with Gasteiger partial charge in [-0.05, 0) is 39.4 Å². The minimum Gasteiger partial charge on any atom is -0.354 e. The molecular weight excluding hydrogens is 403 g/mol. The fourth-order valence-corrected chi connectivity index (χ4v) is 2.41. The number of aromatic nitrogens is 2. The Balaban J connectivity index is 0.00000484. The summed E-state index contributed by atoms with van der Waals surface area (Å²) >= 11 is 0. The van der Waals surface area contributed by atoms with Crippen LogP contribution in [0.5, 0.6) is 0 Å². The van der Waals surface area contributed by atoms with Crippen LogP contribution < -0.4 is 10.6 Å². The van der Waals surface area contributed by atoms with Crippen molar-refractivity contribution in [2.24, 2.45) is 12.0 Å². The third-order valence-electron chi connectivity index (χ3n) is 3.83. The molecule has 0 aromatic carbocycles. The lowest BCUT2D eigenvalue weighted by Crippen LogP contribution is -2.42. The zero-order chi connectivity index (χ0) is 16.4. The minimum absolute atomic E-state index is 0. The van der Waals surface area contributed by atoms with Gasteiger partial charge in [0.2, 0.25) is 0 Å². The van der Waals surface area contributed by atoms with Crippen LogP contribution >= 0.6 is 24.0 Å². The maximum Gasteiger partial charge on any atom is 0.191 e. The zero-order valence-electron chi connectivity index (χ0n) is 15.2. The maximum atomic E-state index is 4.28. The molecule has 6 nitrogen and oxygen atoms in total. The predicted octanol–water partition coefficient (Wildman–Crippen LogP) is 2.21. The first kappa shape index (κ1) is 22.2. The standard InChI is InChI=1S/C16H32N6.HI/c1-6-22(7-2)10-8-9-14(3)20-16(17-4)18-11-15-12-19-21(5)13-15;/h12-14H,6-11H2,1-5H3,(H2,17,18,20);1H. The Morgan fingerprint density at radius 2 is 2.09 bits per heavy atom. The van der Waals surface area contributed by atoms with Gasteiger partial charge in [-0.25, -0.2) is 0 Å². The smallest absolute Gasteiger partial charge is 0.191 e. The molecule has 1 rings (SSSR count). The van der Waals surface area contributed by atoms with Gasteiger partial charge in [0, 0.05) is 38.4 Å². The molecule has 23 heavy (non-hydrogen) atoms. The molecule has 0 amide bonds. The largest absolute Gasteiger partial charge is 0.354 e. The van der Waals surface area contributed by atoms with Crippen molar-refractivity contribution in [1.29, 1.82) is 0 Å². The molecule has 0 bridgehead atoms. The summed E-state index contributed by atoms with van der Waals surface area (Å²) < 4.78 is 1.81. The van der Waals surface area contributed by atoms with Crippen molar-refractivity contribution in [2.75, 3.05) is 26.7 Å². The van der Waals surface area contributed by atoms with Crippen molar-refractivity contribution in [3.8, 4) is 0 Å². The van der Waals surface area contributed by atoms with Crippen LogP contribution in [-0.4, -0.2) is 53.4 Å². The monoisotopic (exact) mass is 436 g/mol. The molecule has 1 aromatic rings. The molecule has 0 saturated carbocycles. The second-order valence-electron chi connectivity index (χ2n) is 5.66. The highest BCUT2D eigenvalue weighted by Gasteiger charge is 2.07. The Kier molecular flexibility index (Phi) is 12.1. The van der Waals surface area contributed by atoms with E-state index in [9.17, 15) is 0 Å². The number of guanidine groups is 1. The van der Waals surface area contributed by atoms with Crippen molar-refractivity contribution >= 4 is 29.9 Å². The first-order valence-electron chi connectivity index (χ1n) is 8.26. The third-order valence-corrected chi connectivity index (χ3v) is 3.83. The van der Waals surface area contributed by atoms with E-state index in [1.807, 2.05) is 24.1 Å². The van der Waals surface area contributed by atoms with Gasteiger partial charge < -0.3 is 15.5 Å². The summed E-state index contributed by atoms with van der Waals surface area (Å²) in [6.45, 7) is 10.8. The summed E-state index contributed by atoms with van der Waals surface area (Å²) in [6, 6.07) is 0.413. The van der Waals surface area contributed by atoms with Crippen LogP contribution in [0, 0.1) is 0 Å². The van der Waals surface area contributed by atoms with Gasteiger partial charge in [0.25, 0.3) is 0 Å². The van der Waals surface area contributed by atoms with Gasteiger partial charge in [-0.2, -0.15) is 5.10 Å². The van der Waals surface area contributed by atoms with Gasteiger partial charge in [0.05, 0.1) is 6.20 Å². The maximum absolute atomic E-state index is 4.28. The summed E-state index contributed by atoms with van der Waals surface area (Å²) in [5.41, 5.74) is 1.15. The average Bonchev–Trinajstić information content (AvgIpc) is 2.93. The summed E-state index contributed by atoms with van der Waals surface area (Å²) in [4.78, 5) is 6.74. The lowest BCUT2D eigenvalue weighted by Gasteiger charge is -2.21. The number of rotatable bonds is 9. The predicted molar refractivity (Wildman–Crippen MR) is 108 cm³/mol. The van der Waals surface area contributed by atoms with E-state index in [0.29, 0.717) is 6.04 Å².